The number of hydrogen-bond donors (Lipinski definition) is 2. The van der Waals surface area contributed by atoms with E-state index in [1.165, 1.54) is 6.07 Å². The summed E-state index contributed by atoms with van der Waals surface area (Å²) in [6.45, 7) is 3.57. The number of amides is 1. The average molecular weight is 491 g/mol. The van der Waals surface area contributed by atoms with E-state index in [9.17, 15) is 13.2 Å². The Morgan fingerprint density at radius 3 is 2.60 bits per heavy atom. The molecule has 0 aliphatic rings. The van der Waals surface area contributed by atoms with E-state index in [0.717, 1.165) is 15.2 Å². The Morgan fingerprint density at radius 2 is 1.83 bits per heavy atom. The zero-order chi connectivity index (χ0) is 21.7. The van der Waals surface area contributed by atoms with Gasteiger partial charge in [-0.3, -0.25) is 4.79 Å². The zero-order valence-electron chi connectivity index (χ0n) is 16.7. The zero-order valence-corrected chi connectivity index (χ0v) is 19.1. The molecule has 158 valence electrons. The summed E-state index contributed by atoms with van der Waals surface area (Å²) >= 11 is 3.53. The summed E-state index contributed by atoms with van der Waals surface area (Å²) in [5, 5.41) is 4.83. The van der Waals surface area contributed by atoms with Crippen molar-refractivity contribution in [2.45, 2.75) is 31.3 Å². The molecular weight excluding hydrogens is 468 g/mol. The van der Waals surface area contributed by atoms with Crippen LogP contribution in [0, 0.1) is 0 Å². The van der Waals surface area contributed by atoms with E-state index in [1.807, 2.05) is 36.4 Å². The third kappa shape index (κ3) is 5.59. The molecule has 1 amide bonds. The van der Waals surface area contributed by atoms with Gasteiger partial charge in [0.25, 0.3) is 5.91 Å². The molecule has 0 heterocycles. The lowest BCUT2D eigenvalue weighted by Crippen LogP contribution is -2.30. The second kappa shape index (κ2) is 9.59. The number of rotatable bonds is 8. The van der Waals surface area contributed by atoms with Crippen LogP contribution >= 0.6 is 15.9 Å². The molecular formula is C22H23BrN2O4S. The van der Waals surface area contributed by atoms with Crippen LogP contribution < -0.4 is 14.8 Å². The highest BCUT2D eigenvalue weighted by atomic mass is 79.9. The molecule has 0 aliphatic heterocycles. The molecule has 8 heteroatoms. The molecule has 0 radical (unpaired) electrons. The van der Waals surface area contributed by atoms with Gasteiger partial charge in [0.05, 0.1) is 9.37 Å². The van der Waals surface area contributed by atoms with Crippen LogP contribution in [0.1, 0.15) is 19.4 Å². The van der Waals surface area contributed by atoms with Crippen molar-refractivity contribution >= 4 is 42.6 Å². The smallest absolute Gasteiger partial charge is 0.258 e. The number of ether oxygens (including phenoxy) is 1. The van der Waals surface area contributed by atoms with Crippen molar-refractivity contribution < 1.29 is 17.9 Å². The number of nitrogens with one attached hydrogen (secondary N) is 2. The van der Waals surface area contributed by atoms with Crippen LogP contribution in [0.4, 0.5) is 0 Å². The summed E-state index contributed by atoms with van der Waals surface area (Å²) in [5.41, 5.74) is 0.682. The molecule has 0 spiro atoms. The summed E-state index contributed by atoms with van der Waals surface area (Å²) in [6, 6.07) is 17.9. The van der Waals surface area contributed by atoms with Gasteiger partial charge in [0.15, 0.2) is 6.61 Å². The lowest BCUT2D eigenvalue weighted by molar-refractivity contribution is -0.123. The number of hydrogen-bond acceptors (Lipinski definition) is 4. The first-order valence-corrected chi connectivity index (χ1v) is 11.7. The molecule has 0 bridgehead atoms. The molecule has 0 aliphatic carbocycles. The second-order valence-corrected chi connectivity index (χ2v) is 9.59. The summed E-state index contributed by atoms with van der Waals surface area (Å²) in [7, 11) is -3.58. The minimum Gasteiger partial charge on any atom is -0.483 e. The monoisotopic (exact) mass is 490 g/mol. The van der Waals surface area contributed by atoms with Crippen LogP contribution in [0.15, 0.2) is 70.0 Å². The Balaban J connectivity index is 1.59. The predicted octanol–water partition coefficient (Wildman–Crippen LogP) is 3.98. The molecule has 0 aromatic heterocycles. The molecule has 3 rings (SSSR count). The van der Waals surface area contributed by atoms with Gasteiger partial charge in [-0.05, 0) is 64.3 Å². The van der Waals surface area contributed by atoms with Crippen LogP contribution in [0.25, 0.3) is 10.8 Å². The predicted molar refractivity (Wildman–Crippen MR) is 121 cm³/mol. The quantitative estimate of drug-likeness (QED) is 0.499. The van der Waals surface area contributed by atoms with E-state index < -0.39 is 10.0 Å². The van der Waals surface area contributed by atoms with Gasteiger partial charge >= 0.3 is 0 Å². The third-order valence-electron chi connectivity index (χ3n) is 4.28. The Bertz CT molecular complexity index is 1160. The molecule has 2 N–H and O–H groups in total. The minimum atomic E-state index is -3.58. The maximum atomic E-state index is 12.3. The molecule has 30 heavy (non-hydrogen) atoms. The number of carbonyl (C=O) groups excluding carboxylic acids is 1. The largest absolute Gasteiger partial charge is 0.483 e. The fourth-order valence-electron chi connectivity index (χ4n) is 2.92. The van der Waals surface area contributed by atoms with Gasteiger partial charge < -0.3 is 10.1 Å². The number of sulfonamides is 1. The van der Waals surface area contributed by atoms with E-state index in [4.69, 9.17) is 4.74 Å². The van der Waals surface area contributed by atoms with E-state index in [2.05, 4.69) is 26.0 Å². The molecule has 0 saturated carbocycles. The maximum absolute atomic E-state index is 12.3. The summed E-state index contributed by atoms with van der Waals surface area (Å²) < 4.78 is 33.6. The van der Waals surface area contributed by atoms with Crippen LogP contribution in [0.3, 0.4) is 0 Å². The maximum Gasteiger partial charge on any atom is 0.258 e. The SMILES string of the molecule is CC(C)NS(=O)(=O)c1cccc(CNC(=O)COc2ccc3ccccc3c2Br)c1. The normalized spacial score (nSPS) is 11.6. The number of benzene rings is 3. The van der Waals surface area contributed by atoms with Gasteiger partial charge in [-0.1, -0.05) is 42.5 Å². The van der Waals surface area contributed by atoms with Crippen LogP contribution in [0.2, 0.25) is 0 Å². The first kappa shape index (κ1) is 22.3. The molecule has 0 unspecified atom stereocenters. The van der Waals surface area contributed by atoms with E-state index in [1.54, 1.807) is 32.0 Å². The highest BCUT2D eigenvalue weighted by Gasteiger charge is 2.15. The van der Waals surface area contributed by atoms with Crippen molar-refractivity contribution in [3.8, 4) is 5.75 Å². The first-order valence-electron chi connectivity index (χ1n) is 9.44. The fraction of sp³-hybridized carbons (Fsp3) is 0.227. The lowest BCUT2D eigenvalue weighted by atomic mass is 10.1. The summed E-state index contributed by atoms with van der Waals surface area (Å²) in [5.74, 6) is 0.278. The molecule has 0 fully saturated rings. The Kier molecular flexibility index (Phi) is 7.12. The van der Waals surface area contributed by atoms with Gasteiger partial charge in [0.2, 0.25) is 10.0 Å². The van der Waals surface area contributed by atoms with E-state index >= 15 is 0 Å². The Labute approximate surface area is 184 Å². The lowest BCUT2D eigenvalue weighted by Gasteiger charge is -2.12. The number of carbonyl (C=O) groups is 1. The average Bonchev–Trinajstić information content (AvgIpc) is 2.71. The number of halogens is 1. The molecule has 3 aromatic carbocycles. The highest BCUT2D eigenvalue weighted by molar-refractivity contribution is 9.10. The van der Waals surface area contributed by atoms with Gasteiger partial charge in [-0.2, -0.15) is 0 Å². The molecule has 6 nitrogen and oxygen atoms in total. The third-order valence-corrected chi connectivity index (χ3v) is 6.75. The standard InChI is InChI=1S/C22H23BrN2O4S/c1-15(2)25-30(27,28)18-8-5-6-16(12-18)13-24-21(26)14-29-20-11-10-17-7-3-4-9-19(17)22(20)23/h3-12,15,25H,13-14H2,1-2H3,(H,24,26). The minimum absolute atomic E-state index is 0.149. The number of fused-ring (bicyclic) bond motifs is 1. The molecule has 3 aromatic rings. The summed E-state index contributed by atoms with van der Waals surface area (Å²) in [4.78, 5) is 12.4. The van der Waals surface area contributed by atoms with Gasteiger partial charge in [-0.25, -0.2) is 13.1 Å². The van der Waals surface area contributed by atoms with Gasteiger partial charge in [0, 0.05) is 12.6 Å². The topological polar surface area (TPSA) is 84.5 Å². The van der Waals surface area contributed by atoms with Crippen molar-refractivity contribution in [1.29, 1.82) is 0 Å². The fourth-order valence-corrected chi connectivity index (χ4v) is 4.85. The van der Waals surface area contributed by atoms with Crippen LogP contribution in [-0.2, 0) is 21.4 Å². The van der Waals surface area contributed by atoms with E-state index in [0.29, 0.717) is 11.3 Å². The first-order chi connectivity index (χ1) is 14.3. The highest BCUT2D eigenvalue weighted by Crippen LogP contribution is 2.32. The van der Waals surface area contributed by atoms with Crippen molar-refractivity contribution in [2.24, 2.45) is 0 Å². The van der Waals surface area contributed by atoms with Gasteiger partial charge in [-0.15, -0.1) is 0 Å². The summed E-state index contributed by atoms with van der Waals surface area (Å²) in [6.07, 6.45) is 0. The van der Waals surface area contributed by atoms with Crippen molar-refractivity contribution in [2.75, 3.05) is 6.61 Å². The Hall–Kier alpha value is -2.42. The van der Waals surface area contributed by atoms with Crippen LogP contribution in [-0.4, -0.2) is 27.0 Å². The molecule has 0 atom stereocenters. The Morgan fingerprint density at radius 1 is 1.07 bits per heavy atom. The van der Waals surface area contributed by atoms with Crippen molar-refractivity contribution in [3.05, 3.63) is 70.7 Å². The van der Waals surface area contributed by atoms with E-state index in [-0.39, 0.29) is 30.0 Å². The van der Waals surface area contributed by atoms with Crippen molar-refractivity contribution in [1.82, 2.24) is 10.0 Å². The van der Waals surface area contributed by atoms with Crippen molar-refractivity contribution in [3.63, 3.8) is 0 Å². The second-order valence-electron chi connectivity index (χ2n) is 7.09. The van der Waals surface area contributed by atoms with Crippen LogP contribution in [0.5, 0.6) is 5.75 Å². The van der Waals surface area contributed by atoms with Gasteiger partial charge in [0.1, 0.15) is 5.75 Å². The molecule has 0 saturated heterocycles.